The highest BCUT2D eigenvalue weighted by Crippen LogP contribution is 2.20. The molecule has 0 spiro atoms. The highest BCUT2D eigenvalue weighted by Gasteiger charge is 2.07. The summed E-state index contributed by atoms with van der Waals surface area (Å²) in [4.78, 5) is 23.5. The molecule has 0 aliphatic carbocycles. The summed E-state index contributed by atoms with van der Waals surface area (Å²) in [6.45, 7) is 1.97. The van der Waals surface area contributed by atoms with Crippen molar-refractivity contribution in [1.29, 1.82) is 0 Å². The summed E-state index contributed by atoms with van der Waals surface area (Å²) in [5.41, 5.74) is 1.91. The summed E-state index contributed by atoms with van der Waals surface area (Å²) in [7, 11) is 1.64. The molecule has 1 aromatic carbocycles. The Morgan fingerprint density at radius 1 is 1.26 bits per heavy atom. The van der Waals surface area contributed by atoms with E-state index in [1.165, 1.54) is 10.6 Å². The summed E-state index contributed by atoms with van der Waals surface area (Å²) in [5.74, 6) is -0.298. The lowest BCUT2D eigenvalue weighted by Crippen LogP contribution is -2.19. The minimum Gasteiger partial charge on any atom is -0.322 e. The molecule has 4 nitrogen and oxygen atoms in total. The van der Waals surface area contributed by atoms with Crippen molar-refractivity contribution in [2.45, 2.75) is 6.92 Å². The second kappa shape index (κ2) is 5.40. The minimum absolute atomic E-state index is 0.210. The molecule has 2 aromatic rings. The molecule has 19 heavy (non-hydrogen) atoms. The van der Waals surface area contributed by atoms with Gasteiger partial charge in [0.05, 0.1) is 0 Å². The van der Waals surface area contributed by atoms with E-state index in [-0.39, 0.29) is 11.5 Å². The molecule has 0 atom stereocenters. The number of carbonyl (C=O) groups is 1. The van der Waals surface area contributed by atoms with E-state index in [4.69, 9.17) is 0 Å². The minimum atomic E-state index is -0.298. The number of amides is 1. The fourth-order valence-corrected chi connectivity index (χ4v) is 1.94. The molecule has 0 aliphatic rings. The van der Waals surface area contributed by atoms with E-state index >= 15 is 0 Å². The van der Waals surface area contributed by atoms with Gasteiger partial charge in [-0.25, -0.2) is 0 Å². The van der Waals surface area contributed by atoms with Crippen molar-refractivity contribution in [2.24, 2.45) is 7.05 Å². The van der Waals surface area contributed by atoms with E-state index in [9.17, 15) is 9.59 Å². The molecule has 5 heteroatoms. The van der Waals surface area contributed by atoms with Crippen molar-refractivity contribution in [3.05, 3.63) is 62.5 Å². The zero-order valence-electron chi connectivity index (χ0n) is 10.6. The maximum atomic E-state index is 12.0. The van der Waals surface area contributed by atoms with Crippen molar-refractivity contribution in [1.82, 2.24) is 4.57 Å². The number of aryl methyl sites for hydroxylation is 2. The molecule has 0 radical (unpaired) electrons. The summed E-state index contributed by atoms with van der Waals surface area (Å²) in [6.07, 6.45) is 1.57. The molecule has 98 valence electrons. The van der Waals surface area contributed by atoms with Gasteiger partial charge in [-0.3, -0.25) is 9.59 Å². The Morgan fingerprint density at radius 3 is 2.63 bits per heavy atom. The fraction of sp³-hybridized carbons (Fsp3) is 0.143. The predicted molar refractivity (Wildman–Crippen MR) is 78.5 cm³/mol. The van der Waals surface area contributed by atoms with Crippen LogP contribution in [0.4, 0.5) is 5.69 Å². The van der Waals surface area contributed by atoms with Crippen LogP contribution in [0, 0.1) is 6.92 Å². The predicted octanol–water partition coefficient (Wildman–Crippen LogP) is 2.71. The zero-order chi connectivity index (χ0) is 14.0. The van der Waals surface area contributed by atoms with Gasteiger partial charge in [0, 0.05) is 35.0 Å². The molecule has 0 fully saturated rings. The lowest BCUT2D eigenvalue weighted by atomic mass is 10.2. The normalized spacial score (nSPS) is 10.3. The summed E-state index contributed by atoms with van der Waals surface area (Å²) >= 11 is 3.41. The van der Waals surface area contributed by atoms with Crippen LogP contribution in [0.25, 0.3) is 0 Å². The first-order valence-electron chi connectivity index (χ1n) is 5.71. The van der Waals surface area contributed by atoms with E-state index in [0.29, 0.717) is 11.3 Å². The van der Waals surface area contributed by atoms with Gasteiger partial charge in [-0.15, -0.1) is 0 Å². The van der Waals surface area contributed by atoms with Crippen LogP contribution in [0.3, 0.4) is 0 Å². The molecular weight excluding hydrogens is 308 g/mol. The first-order valence-corrected chi connectivity index (χ1v) is 6.51. The number of aromatic nitrogens is 1. The van der Waals surface area contributed by atoms with Crippen molar-refractivity contribution < 1.29 is 4.79 Å². The van der Waals surface area contributed by atoms with Crippen LogP contribution < -0.4 is 10.9 Å². The van der Waals surface area contributed by atoms with Gasteiger partial charge >= 0.3 is 0 Å². The third kappa shape index (κ3) is 3.12. The van der Waals surface area contributed by atoms with E-state index in [1.807, 2.05) is 25.1 Å². The van der Waals surface area contributed by atoms with Crippen LogP contribution in [0.1, 0.15) is 15.9 Å². The van der Waals surface area contributed by atoms with Gasteiger partial charge in [0.1, 0.15) is 0 Å². The monoisotopic (exact) mass is 320 g/mol. The number of carbonyl (C=O) groups excluding carboxylic acids is 1. The van der Waals surface area contributed by atoms with Crippen LogP contribution in [-0.2, 0) is 7.05 Å². The average Bonchev–Trinajstić information content (AvgIpc) is 2.37. The summed E-state index contributed by atoms with van der Waals surface area (Å²) < 4.78 is 2.34. The molecule has 0 saturated carbocycles. The molecule has 0 unspecified atom stereocenters. The number of hydrogen-bond acceptors (Lipinski definition) is 2. The third-order valence-corrected chi connectivity index (χ3v) is 3.65. The van der Waals surface area contributed by atoms with E-state index in [0.717, 1.165) is 10.0 Å². The smallest absolute Gasteiger partial charge is 0.255 e. The van der Waals surface area contributed by atoms with Gasteiger partial charge in [-0.05, 0) is 30.7 Å². The van der Waals surface area contributed by atoms with Crippen LogP contribution in [0.15, 0.2) is 45.8 Å². The van der Waals surface area contributed by atoms with E-state index < -0.39 is 0 Å². The van der Waals surface area contributed by atoms with Crippen LogP contribution in [0.5, 0.6) is 0 Å². The van der Waals surface area contributed by atoms with E-state index in [1.54, 1.807) is 19.3 Å². The Bertz CT molecular complexity index is 692. The van der Waals surface area contributed by atoms with Gasteiger partial charge < -0.3 is 9.88 Å². The molecular formula is C14H13BrN2O2. The number of rotatable bonds is 2. The third-order valence-electron chi connectivity index (χ3n) is 2.80. The molecule has 1 amide bonds. The van der Waals surface area contributed by atoms with Crippen molar-refractivity contribution >= 4 is 27.5 Å². The first-order chi connectivity index (χ1) is 8.97. The molecule has 0 bridgehead atoms. The zero-order valence-corrected chi connectivity index (χ0v) is 12.2. The SMILES string of the molecule is Cc1ccc(NC(=O)c2ccn(C)c(=O)c2)cc1Br. The lowest BCUT2D eigenvalue weighted by molar-refractivity contribution is 0.102. The van der Waals surface area contributed by atoms with Gasteiger partial charge in [-0.1, -0.05) is 22.0 Å². The molecule has 1 heterocycles. The van der Waals surface area contributed by atoms with Gasteiger partial charge in [0.25, 0.3) is 11.5 Å². The Hall–Kier alpha value is -1.88. The molecule has 0 saturated heterocycles. The number of nitrogens with one attached hydrogen (secondary N) is 1. The molecule has 1 aromatic heterocycles. The highest BCUT2D eigenvalue weighted by molar-refractivity contribution is 9.10. The van der Waals surface area contributed by atoms with Crippen LogP contribution in [-0.4, -0.2) is 10.5 Å². The number of benzene rings is 1. The largest absolute Gasteiger partial charge is 0.322 e. The Labute approximate surface area is 119 Å². The maximum Gasteiger partial charge on any atom is 0.255 e. The Morgan fingerprint density at radius 2 is 2.00 bits per heavy atom. The van der Waals surface area contributed by atoms with Crippen molar-refractivity contribution in [3.8, 4) is 0 Å². The maximum absolute atomic E-state index is 12.0. The number of nitrogens with zero attached hydrogens (tertiary/aromatic N) is 1. The first kappa shape index (κ1) is 13.5. The highest BCUT2D eigenvalue weighted by atomic mass is 79.9. The van der Waals surface area contributed by atoms with Crippen LogP contribution >= 0.6 is 15.9 Å². The van der Waals surface area contributed by atoms with Gasteiger partial charge in [0.15, 0.2) is 0 Å². The summed E-state index contributed by atoms with van der Waals surface area (Å²) in [6, 6.07) is 8.48. The number of anilines is 1. The average molecular weight is 321 g/mol. The number of pyridine rings is 1. The Balaban J connectivity index is 2.23. The molecule has 0 aliphatic heterocycles. The summed E-state index contributed by atoms with van der Waals surface area (Å²) in [5, 5.41) is 2.76. The van der Waals surface area contributed by atoms with Crippen molar-refractivity contribution in [3.63, 3.8) is 0 Å². The standard InChI is InChI=1S/C14H13BrN2O2/c1-9-3-4-11(8-12(9)15)16-14(19)10-5-6-17(2)13(18)7-10/h3-8H,1-2H3,(H,16,19). The molecule has 1 N–H and O–H groups in total. The lowest BCUT2D eigenvalue weighted by Gasteiger charge is -2.07. The topological polar surface area (TPSA) is 51.1 Å². The fourth-order valence-electron chi connectivity index (χ4n) is 1.56. The second-order valence-corrected chi connectivity index (χ2v) is 5.14. The quantitative estimate of drug-likeness (QED) is 0.925. The Kier molecular flexibility index (Phi) is 3.85. The van der Waals surface area contributed by atoms with Gasteiger partial charge in [-0.2, -0.15) is 0 Å². The number of halogens is 1. The van der Waals surface area contributed by atoms with Gasteiger partial charge in [0.2, 0.25) is 0 Å². The molecule has 2 rings (SSSR count). The second-order valence-electron chi connectivity index (χ2n) is 4.28. The van der Waals surface area contributed by atoms with E-state index in [2.05, 4.69) is 21.2 Å². The van der Waals surface area contributed by atoms with Crippen molar-refractivity contribution in [2.75, 3.05) is 5.32 Å². The number of hydrogen-bond donors (Lipinski definition) is 1. The van der Waals surface area contributed by atoms with Crippen LogP contribution in [0.2, 0.25) is 0 Å².